The van der Waals surface area contributed by atoms with E-state index in [1.807, 2.05) is 12.3 Å². The van der Waals surface area contributed by atoms with E-state index in [2.05, 4.69) is 39.7 Å². The fourth-order valence-electron chi connectivity index (χ4n) is 1.62. The third-order valence-corrected chi connectivity index (χ3v) is 3.47. The van der Waals surface area contributed by atoms with Gasteiger partial charge in [0.05, 0.1) is 4.47 Å². The van der Waals surface area contributed by atoms with E-state index in [1.165, 1.54) is 5.56 Å². The van der Waals surface area contributed by atoms with Crippen molar-refractivity contribution in [2.75, 3.05) is 24.5 Å². The van der Waals surface area contributed by atoms with Crippen LogP contribution in [-0.4, -0.2) is 24.6 Å². The minimum atomic E-state index is 0.726. The molecule has 0 amide bonds. The first kappa shape index (κ1) is 13.5. The molecule has 0 aromatic carbocycles. The molecule has 0 saturated carbocycles. The van der Waals surface area contributed by atoms with Crippen molar-refractivity contribution in [1.29, 1.82) is 0 Å². The van der Waals surface area contributed by atoms with Crippen LogP contribution >= 0.6 is 15.9 Å². The van der Waals surface area contributed by atoms with E-state index >= 15 is 0 Å². The number of hydrogen-bond acceptors (Lipinski definition) is 3. The molecule has 0 atom stereocenters. The Hall–Kier alpha value is -0.610. The van der Waals surface area contributed by atoms with Crippen molar-refractivity contribution < 1.29 is 0 Å². The van der Waals surface area contributed by atoms with Gasteiger partial charge in [-0.3, -0.25) is 0 Å². The van der Waals surface area contributed by atoms with Crippen LogP contribution in [0.25, 0.3) is 0 Å². The van der Waals surface area contributed by atoms with Crippen molar-refractivity contribution in [1.82, 2.24) is 4.98 Å². The molecule has 4 heteroatoms. The fraction of sp³-hybridized carbons (Fsp3) is 0.583. The van der Waals surface area contributed by atoms with Crippen LogP contribution in [0, 0.1) is 6.92 Å². The summed E-state index contributed by atoms with van der Waals surface area (Å²) in [4.78, 5) is 6.74. The van der Waals surface area contributed by atoms with Gasteiger partial charge in [-0.2, -0.15) is 0 Å². The van der Waals surface area contributed by atoms with Gasteiger partial charge in [0, 0.05) is 19.3 Å². The van der Waals surface area contributed by atoms with E-state index in [-0.39, 0.29) is 0 Å². The normalized spacial score (nSPS) is 10.5. The highest BCUT2D eigenvalue weighted by molar-refractivity contribution is 9.10. The molecule has 0 aliphatic carbocycles. The zero-order valence-electron chi connectivity index (χ0n) is 10.0. The molecule has 0 saturated heterocycles. The molecule has 0 aliphatic heterocycles. The largest absolute Gasteiger partial charge is 0.356 e. The molecular formula is C12H20BrN3. The number of pyridine rings is 1. The number of anilines is 1. The molecule has 3 nitrogen and oxygen atoms in total. The number of aromatic nitrogens is 1. The molecule has 1 rings (SSSR count). The van der Waals surface area contributed by atoms with Gasteiger partial charge in [0.25, 0.3) is 0 Å². The summed E-state index contributed by atoms with van der Waals surface area (Å²) < 4.78 is 1.10. The average molecular weight is 286 g/mol. The van der Waals surface area contributed by atoms with Gasteiger partial charge < -0.3 is 10.6 Å². The molecule has 0 fully saturated rings. The van der Waals surface area contributed by atoms with Crippen molar-refractivity contribution in [2.45, 2.75) is 26.7 Å². The first-order chi connectivity index (χ1) is 7.70. The van der Waals surface area contributed by atoms with Gasteiger partial charge in [-0.15, -0.1) is 0 Å². The van der Waals surface area contributed by atoms with Gasteiger partial charge in [0.1, 0.15) is 5.82 Å². The summed E-state index contributed by atoms with van der Waals surface area (Å²) in [6.45, 7) is 6.99. The zero-order valence-corrected chi connectivity index (χ0v) is 11.6. The van der Waals surface area contributed by atoms with E-state index in [0.29, 0.717) is 0 Å². The number of rotatable bonds is 6. The molecule has 16 heavy (non-hydrogen) atoms. The molecule has 90 valence electrons. The Bertz CT molecular complexity index is 328. The lowest BCUT2D eigenvalue weighted by Gasteiger charge is -2.24. The van der Waals surface area contributed by atoms with E-state index < -0.39 is 0 Å². The van der Waals surface area contributed by atoms with Crippen LogP contribution in [0.15, 0.2) is 16.7 Å². The second-order valence-corrected chi connectivity index (χ2v) is 4.69. The van der Waals surface area contributed by atoms with Crippen LogP contribution < -0.4 is 10.6 Å². The van der Waals surface area contributed by atoms with Crippen molar-refractivity contribution >= 4 is 21.7 Å². The Kier molecular flexibility index (Phi) is 5.77. The van der Waals surface area contributed by atoms with Crippen molar-refractivity contribution in [3.8, 4) is 0 Å². The Morgan fingerprint density at radius 1 is 1.44 bits per heavy atom. The molecular weight excluding hydrogens is 266 g/mol. The van der Waals surface area contributed by atoms with Gasteiger partial charge in [0.15, 0.2) is 0 Å². The Morgan fingerprint density at radius 3 is 2.81 bits per heavy atom. The standard InChI is InChI=1S/C12H20BrN3/c1-3-8-16(9-4-6-14)12-11(13)10(2)5-7-15-12/h5,7H,3-4,6,8-9,14H2,1-2H3. The number of nitrogens with two attached hydrogens (primary N) is 1. The summed E-state index contributed by atoms with van der Waals surface area (Å²) in [5.41, 5.74) is 6.78. The smallest absolute Gasteiger partial charge is 0.143 e. The minimum Gasteiger partial charge on any atom is -0.356 e. The minimum absolute atomic E-state index is 0.726. The van der Waals surface area contributed by atoms with Gasteiger partial charge >= 0.3 is 0 Å². The number of aryl methyl sites for hydroxylation is 1. The Labute approximate surface area is 106 Å². The van der Waals surface area contributed by atoms with Crippen LogP contribution in [0.4, 0.5) is 5.82 Å². The lowest BCUT2D eigenvalue weighted by molar-refractivity contribution is 0.710. The van der Waals surface area contributed by atoms with Gasteiger partial charge in [-0.25, -0.2) is 4.98 Å². The highest BCUT2D eigenvalue weighted by Crippen LogP contribution is 2.26. The maximum absolute atomic E-state index is 5.56. The first-order valence-corrected chi connectivity index (χ1v) is 6.56. The van der Waals surface area contributed by atoms with E-state index in [9.17, 15) is 0 Å². The van der Waals surface area contributed by atoms with Crippen LogP contribution in [0.3, 0.4) is 0 Å². The van der Waals surface area contributed by atoms with Gasteiger partial charge in [-0.1, -0.05) is 6.92 Å². The first-order valence-electron chi connectivity index (χ1n) is 5.76. The highest BCUT2D eigenvalue weighted by Gasteiger charge is 2.11. The van der Waals surface area contributed by atoms with Crippen LogP contribution in [-0.2, 0) is 0 Å². The highest BCUT2D eigenvalue weighted by atomic mass is 79.9. The predicted octanol–water partition coefficient (Wildman–Crippen LogP) is 2.72. The van der Waals surface area contributed by atoms with Crippen LogP contribution in [0.5, 0.6) is 0 Å². The average Bonchev–Trinajstić information content (AvgIpc) is 2.28. The van der Waals surface area contributed by atoms with E-state index in [0.717, 1.165) is 42.8 Å². The monoisotopic (exact) mass is 285 g/mol. The second kappa shape index (κ2) is 6.86. The predicted molar refractivity (Wildman–Crippen MR) is 72.8 cm³/mol. The number of halogens is 1. The molecule has 1 aromatic heterocycles. The number of nitrogens with zero attached hydrogens (tertiary/aromatic N) is 2. The molecule has 0 unspecified atom stereocenters. The summed E-state index contributed by atoms with van der Waals surface area (Å²) in [6, 6.07) is 2.01. The van der Waals surface area contributed by atoms with Gasteiger partial charge in [-0.05, 0) is 53.9 Å². The molecule has 2 N–H and O–H groups in total. The maximum atomic E-state index is 5.56. The molecule has 1 aromatic rings. The third kappa shape index (κ3) is 3.46. The maximum Gasteiger partial charge on any atom is 0.143 e. The molecule has 1 heterocycles. The van der Waals surface area contributed by atoms with E-state index in [1.54, 1.807) is 0 Å². The molecule has 0 spiro atoms. The Morgan fingerprint density at radius 2 is 2.19 bits per heavy atom. The summed E-state index contributed by atoms with van der Waals surface area (Å²) in [6.07, 6.45) is 3.98. The topological polar surface area (TPSA) is 42.1 Å². The van der Waals surface area contributed by atoms with Crippen molar-refractivity contribution in [3.63, 3.8) is 0 Å². The summed E-state index contributed by atoms with van der Waals surface area (Å²) in [7, 11) is 0. The lowest BCUT2D eigenvalue weighted by atomic mass is 10.2. The summed E-state index contributed by atoms with van der Waals surface area (Å²) in [5, 5.41) is 0. The third-order valence-electron chi connectivity index (χ3n) is 2.49. The van der Waals surface area contributed by atoms with Crippen molar-refractivity contribution in [2.24, 2.45) is 5.73 Å². The van der Waals surface area contributed by atoms with Crippen LogP contribution in [0.2, 0.25) is 0 Å². The van der Waals surface area contributed by atoms with E-state index in [4.69, 9.17) is 5.73 Å². The van der Waals surface area contributed by atoms with Crippen molar-refractivity contribution in [3.05, 3.63) is 22.3 Å². The molecule has 0 radical (unpaired) electrons. The quantitative estimate of drug-likeness (QED) is 0.874. The number of hydrogen-bond donors (Lipinski definition) is 1. The zero-order chi connectivity index (χ0) is 12.0. The van der Waals surface area contributed by atoms with Crippen LogP contribution in [0.1, 0.15) is 25.3 Å². The van der Waals surface area contributed by atoms with Gasteiger partial charge in [0.2, 0.25) is 0 Å². The summed E-state index contributed by atoms with van der Waals surface area (Å²) in [5.74, 6) is 1.04. The fourth-order valence-corrected chi connectivity index (χ4v) is 2.11. The molecule has 0 aliphatic rings. The summed E-state index contributed by atoms with van der Waals surface area (Å²) >= 11 is 3.61. The lowest BCUT2D eigenvalue weighted by Crippen LogP contribution is -2.28. The Balaban J connectivity index is 2.86. The molecule has 0 bridgehead atoms. The second-order valence-electron chi connectivity index (χ2n) is 3.89. The SMILES string of the molecule is CCCN(CCCN)c1nccc(C)c1Br.